The van der Waals surface area contributed by atoms with Crippen molar-refractivity contribution in [3.63, 3.8) is 0 Å². The zero-order valence-corrected chi connectivity index (χ0v) is 11.4. The van der Waals surface area contributed by atoms with Crippen LogP contribution in [-0.4, -0.2) is 41.4 Å². The van der Waals surface area contributed by atoms with Gasteiger partial charge in [-0.15, -0.1) is 0 Å². The summed E-state index contributed by atoms with van der Waals surface area (Å²) < 4.78 is 24.8. The second-order valence-corrected chi connectivity index (χ2v) is 7.57. The molecule has 0 spiro atoms. The van der Waals surface area contributed by atoms with Crippen molar-refractivity contribution in [2.24, 2.45) is 5.92 Å². The van der Waals surface area contributed by atoms with Crippen LogP contribution in [0.3, 0.4) is 0 Å². The van der Waals surface area contributed by atoms with Crippen LogP contribution in [0.15, 0.2) is 12.4 Å². The predicted molar refractivity (Wildman–Crippen MR) is 69.2 cm³/mol. The molecule has 1 amide bonds. The maximum absolute atomic E-state index is 12.1. The number of nitrogens with zero attached hydrogens (tertiary/aromatic N) is 2. The summed E-state index contributed by atoms with van der Waals surface area (Å²) in [5.41, 5.74) is 0. The summed E-state index contributed by atoms with van der Waals surface area (Å²) in [4.78, 5) is 16.3. The van der Waals surface area contributed by atoms with Gasteiger partial charge in [-0.2, -0.15) is 0 Å². The lowest BCUT2D eigenvalue weighted by atomic mass is 10.0. The lowest BCUT2D eigenvalue weighted by Crippen LogP contribution is -2.43. The molecule has 104 valence electrons. The van der Waals surface area contributed by atoms with Gasteiger partial charge >= 0.3 is 0 Å². The van der Waals surface area contributed by atoms with Gasteiger partial charge in [-0.25, -0.2) is 13.4 Å². The number of hydrogen-bond acceptors (Lipinski definition) is 4. The molecule has 0 bridgehead atoms. The van der Waals surface area contributed by atoms with Crippen LogP contribution in [0.2, 0.25) is 0 Å². The molecule has 2 aliphatic heterocycles. The molecule has 3 rings (SSSR count). The standard InChI is InChI=1S/C12H17N3O3S/c16-12(9-3-6-19(17,18)8-9)14-10-1-2-11-13-4-5-15(11)7-10/h4-5,9-10H,1-3,6-8H2,(H,14,16)/t9-,10+/m1/s1. The van der Waals surface area contributed by atoms with Gasteiger partial charge in [0.15, 0.2) is 9.84 Å². The van der Waals surface area contributed by atoms with E-state index in [2.05, 4.69) is 10.3 Å². The fraction of sp³-hybridized carbons (Fsp3) is 0.667. The normalized spacial score (nSPS) is 28.8. The molecule has 0 aromatic carbocycles. The first-order valence-electron chi connectivity index (χ1n) is 6.54. The lowest BCUT2D eigenvalue weighted by molar-refractivity contribution is -0.125. The molecule has 2 aliphatic rings. The maximum Gasteiger partial charge on any atom is 0.224 e. The van der Waals surface area contributed by atoms with Crippen LogP contribution >= 0.6 is 0 Å². The van der Waals surface area contributed by atoms with Gasteiger partial charge in [0.25, 0.3) is 0 Å². The minimum absolute atomic E-state index is 0.00186. The van der Waals surface area contributed by atoms with Crippen molar-refractivity contribution in [1.29, 1.82) is 0 Å². The fourth-order valence-corrected chi connectivity index (χ4v) is 4.55. The highest BCUT2D eigenvalue weighted by molar-refractivity contribution is 7.91. The van der Waals surface area contributed by atoms with Crippen molar-refractivity contribution >= 4 is 15.7 Å². The molecule has 0 aliphatic carbocycles. The van der Waals surface area contributed by atoms with Crippen molar-refractivity contribution in [3.8, 4) is 0 Å². The van der Waals surface area contributed by atoms with Crippen LogP contribution in [0.25, 0.3) is 0 Å². The number of imidazole rings is 1. The number of aryl methyl sites for hydroxylation is 1. The van der Waals surface area contributed by atoms with Crippen molar-refractivity contribution in [2.75, 3.05) is 11.5 Å². The summed E-state index contributed by atoms with van der Waals surface area (Å²) in [6.07, 6.45) is 5.84. The van der Waals surface area contributed by atoms with Crippen LogP contribution < -0.4 is 5.32 Å². The summed E-state index contributed by atoms with van der Waals surface area (Å²) >= 11 is 0. The Balaban J connectivity index is 1.59. The lowest BCUT2D eigenvalue weighted by Gasteiger charge is -2.25. The van der Waals surface area contributed by atoms with E-state index >= 15 is 0 Å². The van der Waals surface area contributed by atoms with Crippen molar-refractivity contribution in [2.45, 2.75) is 31.8 Å². The van der Waals surface area contributed by atoms with Gasteiger partial charge in [-0.05, 0) is 12.8 Å². The Kier molecular flexibility index (Phi) is 3.08. The van der Waals surface area contributed by atoms with Gasteiger partial charge in [-0.3, -0.25) is 4.79 Å². The third-order valence-corrected chi connectivity index (χ3v) is 5.65. The molecule has 1 N–H and O–H groups in total. The van der Waals surface area contributed by atoms with E-state index in [1.807, 2.05) is 10.8 Å². The number of nitrogens with one attached hydrogen (secondary N) is 1. The Hall–Kier alpha value is -1.37. The van der Waals surface area contributed by atoms with E-state index in [9.17, 15) is 13.2 Å². The van der Waals surface area contributed by atoms with Gasteiger partial charge in [0.05, 0.1) is 17.4 Å². The molecular formula is C12H17N3O3S. The maximum atomic E-state index is 12.1. The largest absolute Gasteiger partial charge is 0.351 e. The van der Waals surface area contributed by atoms with E-state index in [0.29, 0.717) is 6.42 Å². The Bertz CT molecular complexity index is 593. The number of carbonyl (C=O) groups is 1. The first-order chi connectivity index (χ1) is 9.03. The molecule has 19 heavy (non-hydrogen) atoms. The Morgan fingerprint density at radius 3 is 3.00 bits per heavy atom. The number of sulfone groups is 1. The minimum atomic E-state index is -3.00. The summed E-state index contributed by atoms with van der Waals surface area (Å²) in [5.74, 6) is 0.710. The Morgan fingerprint density at radius 1 is 1.42 bits per heavy atom. The van der Waals surface area contributed by atoms with E-state index < -0.39 is 9.84 Å². The molecule has 0 unspecified atom stereocenters. The quantitative estimate of drug-likeness (QED) is 0.811. The predicted octanol–water partition coefficient (Wildman–Crippen LogP) is -0.251. The molecule has 1 saturated heterocycles. The van der Waals surface area contributed by atoms with Crippen LogP contribution in [-0.2, 0) is 27.6 Å². The summed E-state index contributed by atoms with van der Waals surface area (Å²) in [6, 6.07) is 0.0810. The van der Waals surface area contributed by atoms with E-state index in [0.717, 1.165) is 25.2 Å². The van der Waals surface area contributed by atoms with Crippen molar-refractivity contribution in [3.05, 3.63) is 18.2 Å². The summed E-state index contributed by atoms with van der Waals surface area (Å²) in [7, 11) is -3.00. The molecule has 7 heteroatoms. The first-order valence-corrected chi connectivity index (χ1v) is 8.36. The zero-order valence-electron chi connectivity index (χ0n) is 10.6. The summed E-state index contributed by atoms with van der Waals surface area (Å²) in [6.45, 7) is 0.723. The number of amides is 1. The Labute approximate surface area is 112 Å². The third kappa shape index (κ3) is 2.65. The molecule has 1 aromatic rings. The highest BCUT2D eigenvalue weighted by Gasteiger charge is 2.34. The van der Waals surface area contributed by atoms with Gasteiger partial charge < -0.3 is 9.88 Å². The highest BCUT2D eigenvalue weighted by Crippen LogP contribution is 2.20. The van der Waals surface area contributed by atoms with Gasteiger partial charge in [0.2, 0.25) is 5.91 Å². The van der Waals surface area contributed by atoms with Crippen LogP contribution in [0.1, 0.15) is 18.7 Å². The second kappa shape index (κ2) is 4.63. The molecule has 0 saturated carbocycles. The molecule has 2 atom stereocenters. The van der Waals surface area contributed by atoms with E-state index in [1.54, 1.807) is 6.20 Å². The van der Waals surface area contributed by atoms with E-state index in [1.165, 1.54) is 0 Å². The molecule has 6 nitrogen and oxygen atoms in total. The molecule has 3 heterocycles. The summed E-state index contributed by atoms with van der Waals surface area (Å²) in [5, 5.41) is 2.98. The monoisotopic (exact) mass is 283 g/mol. The number of rotatable bonds is 2. The molecule has 1 aromatic heterocycles. The number of hydrogen-bond donors (Lipinski definition) is 1. The highest BCUT2D eigenvalue weighted by atomic mass is 32.2. The number of aromatic nitrogens is 2. The topological polar surface area (TPSA) is 81.1 Å². The smallest absolute Gasteiger partial charge is 0.224 e. The number of carbonyl (C=O) groups excluding carboxylic acids is 1. The zero-order chi connectivity index (χ0) is 13.5. The van der Waals surface area contributed by atoms with Crippen molar-refractivity contribution in [1.82, 2.24) is 14.9 Å². The fourth-order valence-electron chi connectivity index (χ4n) is 2.81. The average molecular weight is 283 g/mol. The molecular weight excluding hydrogens is 266 g/mol. The first kappa shape index (κ1) is 12.7. The molecule has 0 radical (unpaired) electrons. The molecule has 1 fully saturated rings. The van der Waals surface area contributed by atoms with Crippen LogP contribution in [0.5, 0.6) is 0 Å². The van der Waals surface area contributed by atoms with Crippen molar-refractivity contribution < 1.29 is 13.2 Å². The SMILES string of the molecule is O=C(N[C@H]1CCc2nccn2C1)[C@@H]1CCS(=O)(=O)C1. The van der Waals surface area contributed by atoms with Gasteiger partial charge in [0.1, 0.15) is 5.82 Å². The second-order valence-electron chi connectivity index (χ2n) is 5.34. The Morgan fingerprint density at radius 2 is 2.26 bits per heavy atom. The van der Waals surface area contributed by atoms with E-state index in [-0.39, 0.29) is 29.4 Å². The number of fused-ring (bicyclic) bond motifs is 1. The average Bonchev–Trinajstić information content (AvgIpc) is 2.94. The van der Waals surface area contributed by atoms with E-state index in [4.69, 9.17) is 0 Å². The van der Waals surface area contributed by atoms with Gasteiger partial charge in [-0.1, -0.05) is 0 Å². The third-order valence-electron chi connectivity index (χ3n) is 3.88. The van der Waals surface area contributed by atoms with Crippen LogP contribution in [0.4, 0.5) is 0 Å². The van der Waals surface area contributed by atoms with Gasteiger partial charge in [0, 0.05) is 31.4 Å². The minimum Gasteiger partial charge on any atom is -0.351 e. The van der Waals surface area contributed by atoms with Crippen LogP contribution in [0, 0.1) is 5.92 Å².